The first-order valence-electron chi connectivity index (χ1n) is 9.19. The topological polar surface area (TPSA) is 39.5 Å². The van der Waals surface area contributed by atoms with E-state index in [1.165, 1.54) is 31.2 Å². The maximum absolute atomic E-state index is 6.31. The smallest absolute Gasteiger partial charge is 0.0745 e. The molecule has 2 aliphatic heterocycles. The van der Waals surface area contributed by atoms with Crippen LogP contribution in [0.2, 0.25) is 0 Å². The summed E-state index contributed by atoms with van der Waals surface area (Å²) in [6.45, 7) is 5.16. The van der Waals surface area contributed by atoms with Crippen molar-refractivity contribution in [3.63, 3.8) is 0 Å². The number of aromatic nitrogens is 2. The van der Waals surface area contributed by atoms with E-state index in [0.717, 1.165) is 45.2 Å². The van der Waals surface area contributed by atoms with Gasteiger partial charge in [0.1, 0.15) is 0 Å². The Kier molecular flexibility index (Phi) is 4.69. The normalized spacial score (nSPS) is 32.0. The Hall–Kier alpha value is -0.910. The van der Waals surface area contributed by atoms with Crippen LogP contribution < -0.4 is 0 Å². The van der Waals surface area contributed by atoms with Crippen molar-refractivity contribution in [1.29, 1.82) is 0 Å². The fourth-order valence-electron chi connectivity index (χ4n) is 3.99. The Morgan fingerprint density at radius 3 is 2.87 bits per heavy atom. The zero-order chi connectivity index (χ0) is 15.6. The van der Waals surface area contributed by atoms with Crippen LogP contribution in [0, 0.1) is 11.8 Å². The van der Waals surface area contributed by atoms with E-state index in [4.69, 9.17) is 9.47 Å². The van der Waals surface area contributed by atoms with Crippen LogP contribution in [0.25, 0.3) is 0 Å². The molecule has 1 aliphatic carbocycles. The van der Waals surface area contributed by atoms with Crippen LogP contribution >= 0.6 is 0 Å². The summed E-state index contributed by atoms with van der Waals surface area (Å²) in [7, 11) is 1.99. The van der Waals surface area contributed by atoms with Gasteiger partial charge >= 0.3 is 0 Å². The Labute approximate surface area is 138 Å². The summed E-state index contributed by atoms with van der Waals surface area (Å²) in [5, 5.41) is 4.33. The number of aryl methyl sites for hydroxylation is 1. The third kappa shape index (κ3) is 3.95. The molecular formula is C18H29N3O2. The third-order valence-electron chi connectivity index (χ3n) is 5.56. The minimum Gasteiger partial charge on any atom is -0.381 e. The largest absolute Gasteiger partial charge is 0.381 e. The van der Waals surface area contributed by atoms with Gasteiger partial charge in [0.05, 0.1) is 18.9 Å². The molecule has 3 heterocycles. The van der Waals surface area contributed by atoms with Gasteiger partial charge in [-0.2, -0.15) is 5.10 Å². The maximum atomic E-state index is 6.31. The molecule has 3 atom stereocenters. The molecule has 1 saturated carbocycles. The van der Waals surface area contributed by atoms with Crippen molar-refractivity contribution >= 4 is 0 Å². The summed E-state index contributed by atoms with van der Waals surface area (Å²) < 4.78 is 13.8. The van der Waals surface area contributed by atoms with E-state index in [2.05, 4.69) is 16.2 Å². The number of nitrogens with zero attached hydrogens (tertiary/aromatic N) is 3. The van der Waals surface area contributed by atoms with E-state index >= 15 is 0 Å². The minimum atomic E-state index is 0.387. The Balaban J connectivity index is 1.40. The van der Waals surface area contributed by atoms with Crippen molar-refractivity contribution in [2.75, 3.05) is 32.9 Å². The second-order valence-electron chi connectivity index (χ2n) is 7.62. The lowest BCUT2D eigenvalue weighted by Gasteiger charge is -2.29. The summed E-state index contributed by atoms with van der Waals surface area (Å²) in [5.74, 6) is 1.54. The molecule has 2 saturated heterocycles. The van der Waals surface area contributed by atoms with Gasteiger partial charge in [0, 0.05) is 45.6 Å². The second-order valence-corrected chi connectivity index (χ2v) is 7.62. The molecule has 0 N–H and O–H groups in total. The summed E-state index contributed by atoms with van der Waals surface area (Å²) in [5.41, 5.74) is 1.33. The van der Waals surface area contributed by atoms with Crippen LogP contribution in [0.15, 0.2) is 12.4 Å². The van der Waals surface area contributed by atoms with Gasteiger partial charge in [-0.25, -0.2) is 0 Å². The molecule has 0 bridgehead atoms. The van der Waals surface area contributed by atoms with E-state index in [1.54, 1.807) is 0 Å². The highest BCUT2D eigenvalue weighted by Gasteiger charge is 2.37. The lowest BCUT2D eigenvalue weighted by molar-refractivity contribution is 0.0182. The lowest BCUT2D eigenvalue weighted by Crippen LogP contribution is -2.41. The lowest BCUT2D eigenvalue weighted by atomic mass is 10.0. The quantitative estimate of drug-likeness (QED) is 0.769. The molecule has 23 heavy (non-hydrogen) atoms. The number of rotatable bonds is 7. The highest BCUT2D eigenvalue weighted by atomic mass is 16.5. The maximum Gasteiger partial charge on any atom is 0.0745 e. The Morgan fingerprint density at radius 1 is 1.26 bits per heavy atom. The average molecular weight is 319 g/mol. The minimum absolute atomic E-state index is 0.387. The summed E-state index contributed by atoms with van der Waals surface area (Å²) in [4.78, 5) is 2.66. The number of hydrogen-bond donors (Lipinski definition) is 0. The van der Waals surface area contributed by atoms with Crippen LogP contribution in [0.4, 0.5) is 0 Å². The van der Waals surface area contributed by atoms with Crippen LogP contribution in [-0.2, 0) is 22.9 Å². The van der Waals surface area contributed by atoms with Crippen molar-refractivity contribution < 1.29 is 9.47 Å². The van der Waals surface area contributed by atoms with Crippen molar-refractivity contribution in [2.24, 2.45) is 18.9 Å². The van der Waals surface area contributed by atoms with E-state index in [9.17, 15) is 0 Å². The molecule has 0 amide bonds. The van der Waals surface area contributed by atoms with E-state index in [1.807, 2.05) is 17.9 Å². The van der Waals surface area contributed by atoms with E-state index < -0.39 is 0 Å². The fourth-order valence-corrected chi connectivity index (χ4v) is 3.99. The Bertz CT molecular complexity index is 508. The van der Waals surface area contributed by atoms with Crippen LogP contribution in [0.5, 0.6) is 0 Å². The molecule has 0 radical (unpaired) electrons. The van der Waals surface area contributed by atoms with E-state index in [-0.39, 0.29) is 0 Å². The summed E-state index contributed by atoms with van der Waals surface area (Å²) in [6, 6.07) is 0.499. The van der Waals surface area contributed by atoms with Crippen molar-refractivity contribution in [3.8, 4) is 0 Å². The van der Waals surface area contributed by atoms with Gasteiger partial charge in [-0.05, 0) is 49.5 Å². The number of hydrogen-bond acceptors (Lipinski definition) is 4. The van der Waals surface area contributed by atoms with Gasteiger partial charge in [0.2, 0.25) is 0 Å². The number of likely N-dealkylation sites (tertiary alicyclic amines) is 1. The predicted molar refractivity (Wildman–Crippen MR) is 88.3 cm³/mol. The van der Waals surface area contributed by atoms with Gasteiger partial charge in [-0.15, -0.1) is 0 Å². The third-order valence-corrected chi connectivity index (χ3v) is 5.56. The molecule has 5 heteroatoms. The molecule has 0 unspecified atom stereocenters. The van der Waals surface area contributed by atoms with Crippen LogP contribution in [0.3, 0.4) is 0 Å². The van der Waals surface area contributed by atoms with Crippen molar-refractivity contribution in [3.05, 3.63) is 18.0 Å². The van der Waals surface area contributed by atoms with Gasteiger partial charge in [0.25, 0.3) is 0 Å². The van der Waals surface area contributed by atoms with Gasteiger partial charge in [-0.3, -0.25) is 9.58 Å². The molecular weight excluding hydrogens is 290 g/mol. The molecule has 128 valence electrons. The van der Waals surface area contributed by atoms with E-state index in [0.29, 0.717) is 18.1 Å². The zero-order valence-electron chi connectivity index (χ0n) is 14.2. The molecule has 3 aliphatic rings. The summed E-state index contributed by atoms with van der Waals surface area (Å²) in [6.07, 6.45) is 10.7. The SMILES string of the molecule is Cn1cc(C[C@H]2[C@@H](OCC3CC3)CCN2C[C@H]2CCOC2)cn1. The molecule has 1 aromatic heterocycles. The van der Waals surface area contributed by atoms with Crippen molar-refractivity contribution in [1.82, 2.24) is 14.7 Å². The van der Waals surface area contributed by atoms with Gasteiger partial charge < -0.3 is 9.47 Å². The first-order chi connectivity index (χ1) is 11.3. The second kappa shape index (κ2) is 6.91. The fraction of sp³-hybridized carbons (Fsp3) is 0.833. The molecule has 1 aromatic rings. The monoisotopic (exact) mass is 319 g/mol. The van der Waals surface area contributed by atoms with Crippen LogP contribution in [0.1, 0.15) is 31.2 Å². The first-order valence-corrected chi connectivity index (χ1v) is 9.19. The predicted octanol–water partition coefficient (Wildman–Crippen LogP) is 1.87. The molecule has 3 fully saturated rings. The molecule has 0 spiro atoms. The molecule has 5 nitrogen and oxygen atoms in total. The highest BCUT2D eigenvalue weighted by molar-refractivity contribution is 5.09. The number of ether oxygens (including phenoxy) is 2. The molecule has 4 rings (SSSR count). The standard InChI is InChI=1S/C18H29N3O2/c1-20-10-16(9-19-20)8-17-18(23-13-14-2-3-14)4-6-21(17)11-15-5-7-22-12-15/h9-10,14-15,17-18H,2-8,11-13H2,1H3/t15-,17+,18+/m1/s1. The average Bonchev–Trinajstić information content (AvgIpc) is 2.92. The van der Waals surface area contributed by atoms with Gasteiger partial charge in [-0.1, -0.05) is 0 Å². The summed E-state index contributed by atoms with van der Waals surface area (Å²) >= 11 is 0. The van der Waals surface area contributed by atoms with Crippen LogP contribution in [-0.4, -0.2) is 59.7 Å². The van der Waals surface area contributed by atoms with Gasteiger partial charge in [0.15, 0.2) is 0 Å². The first kappa shape index (κ1) is 15.6. The highest BCUT2D eigenvalue weighted by Crippen LogP contribution is 2.32. The molecule has 0 aromatic carbocycles. The Morgan fingerprint density at radius 2 is 2.17 bits per heavy atom. The van der Waals surface area contributed by atoms with Crippen molar-refractivity contribution in [2.45, 2.75) is 44.2 Å². The zero-order valence-corrected chi connectivity index (χ0v) is 14.2.